The second kappa shape index (κ2) is 9.82. The summed E-state index contributed by atoms with van der Waals surface area (Å²) in [6, 6.07) is 10.5. The SMILES string of the molecule is CCCN(CCC)S(=O)(=O)c1cccc(-c2csc(NN=Cc3ccco3)n2)c1. The van der Waals surface area contributed by atoms with Gasteiger partial charge in [0.25, 0.3) is 0 Å². The average molecular weight is 433 g/mol. The van der Waals surface area contributed by atoms with Gasteiger partial charge in [0, 0.05) is 24.0 Å². The third-order valence-electron chi connectivity index (χ3n) is 4.11. The molecule has 154 valence electrons. The van der Waals surface area contributed by atoms with Crippen LogP contribution in [-0.2, 0) is 10.0 Å². The third kappa shape index (κ3) is 5.31. The standard InChI is InChI=1S/C20H24N4O3S2/c1-3-10-24(11-4-2)29(25,26)18-9-5-7-16(13-18)19-15-28-20(22-19)23-21-14-17-8-6-12-27-17/h5-9,12-15H,3-4,10-11H2,1-2H3,(H,22,23). The summed E-state index contributed by atoms with van der Waals surface area (Å²) in [6.45, 7) is 4.98. The molecule has 3 aromatic rings. The van der Waals surface area contributed by atoms with Crippen LogP contribution >= 0.6 is 11.3 Å². The minimum Gasteiger partial charge on any atom is -0.463 e. The molecule has 1 N–H and O–H groups in total. The zero-order chi connectivity index (χ0) is 20.7. The monoisotopic (exact) mass is 432 g/mol. The predicted octanol–water partition coefficient (Wildman–Crippen LogP) is 4.66. The topological polar surface area (TPSA) is 87.8 Å². The quantitative estimate of drug-likeness (QED) is 0.372. The first-order valence-corrected chi connectivity index (χ1v) is 11.7. The summed E-state index contributed by atoms with van der Waals surface area (Å²) in [4.78, 5) is 4.78. The summed E-state index contributed by atoms with van der Waals surface area (Å²) in [5, 5.41) is 6.56. The Bertz CT molecular complexity index is 1040. The van der Waals surface area contributed by atoms with Crippen molar-refractivity contribution in [2.45, 2.75) is 31.6 Å². The van der Waals surface area contributed by atoms with Crippen LogP contribution < -0.4 is 5.43 Å². The molecule has 0 unspecified atom stereocenters. The highest BCUT2D eigenvalue weighted by Crippen LogP contribution is 2.27. The van der Waals surface area contributed by atoms with Crippen molar-refractivity contribution in [3.8, 4) is 11.3 Å². The fourth-order valence-electron chi connectivity index (χ4n) is 2.79. The molecule has 0 atom stereocenters. The highest BCUT2D eigenvalue weighted by atomic mass is 32.2. The van der Waals surface area contributed by atoms with E-state index in [2.05, 4.69) is 15.5 Å². The number of benzene rings is 1. The van der Waals surface area contributed by atoms with Crippen LogP contribution in [0.25, 0.3) is 11.3 Å². The molecule has 9 heteroatoms. The van der Waals surface area contributed by atoms with Crippen molar-refractivity contribution in [2.24, 2.45) is 5.10 Å². The summed E-state index contributed by atoms with van der Waals surface area (Å²) in [5.74, 6) is 0.635. The van der Waals surface area contributed by atoms with Gasteiger partial charge in [-0.3, -0.25) is 5.43 Å². The molecule has 0 aliphatic heterocycles. The number of nitrogens with one attached hydrogen (secondary N) is 1. The molecule has 0 saturated carbocycles. The van der Waals surface area contributed by atoms with Gasteiger partial charge in [0.05, 0.1) is 23.1 Å². The van der Waals surface area contributed by atoms with Gasteiger partial charge in [-0.05, 0) is 37.1 Å². The maximum atomic E-state index is 13.0. The zero-order valence-corrected chi connectivity index (χ0v) is 18.0. The van der Waals surface area contributed by atoms with Crippen molar-refractivity contribution in [1.82, 2.24) is 9.29 Å². The van der Waals surface area contributed by atoms with E-state index in [1.807, 2.05) is 25.3 Å². The van der Waals surface area contributed by atoms with Gasteiger partial charge in [0.15, 0.2) is 0 Å². The van der Waals surface area contributed by atoms with E-state index >= 15 is 0 Å². The molecule has 2 aromatic heterocycles. The molecule has 0 fully saturated rings. The van der Waals surface area contributed by atoms with Gasteiger partial charge in [-0.2, -0.15) is 9.41 Å². The van der Waals surface area contributed by atoms with Crippen molar-refractivity contribution in [3.05, 3.63) is 53.8 Å². The predicted molar refractivity (Wildman–Crippen MR) is 117 cm³/mol. The maximum absolute atomic E-state index is 13.0. The normalized spacial score (nSPS) is 12.1. The van der Waals surface area contributed by atoms with Crippen LogP contribution in [0.4, 0.5) is 5.13 Å². The molecule has 0 saturated heterocycles. The lowest BCUT2D eigenvalue weighted by molar-refractivity contribution is 0.410. The minimum atomic E-state index is -3.53. The van der Waals surface area contributed by atoms with Crippen molar-refractivity contribution in [2.75, 3.05) is 18.5 Å². The van der Waals surface area contributed by atoms with Crippen molar-refractivity contribution in [3.63, 3.8) is 0 Å². The van der Waals surface area contributed by atoms with Gasteiger partial charge in [-0.25, -0.2) is 13.4 Å². The van der Waals surface area contributed by atoms with Gasteiger partial charge in [-0.15, -0.1) is 11.3 Å². The van der Waals surface area contributed by atoms with Crippen molar-refractivity contribution in [1.29, 1.82) is 0 Å². The number of nitrogens with zero attached hydrogens (tertiary/aromatic N) is 3. The largest absolute Gasteiger partial charge is 0.463 e. The molecular formula is C20H24N4O3S2. The van der Waals surface area contributed by atoms with Gasteiger partial charge in [0.1, 0.15) is 5.76 Å². The van der Waals surface area contributed by atoms with Crippen LogP contribution in [0, 0.1) is 0 Å². The first-order valence-electron chi connectivity index (χ1n) is 9.43. The van der Waals surface area contributed by atoms with E-state index in [4.69, 9.17) is 4.42 Å². The number of hydrazone groups is 1. The summed E-state index contributed by atoms with van der Waals surface area (Å²) < 4.78 is 32.8. The summed E-state index contributed by atoms with van der Waals surface area (Å²) in [5.41, 5.74) is 4.30. The van der Waals surface area contributed by atoms with Gasteiger partial charge in [0.2, 0.25) is 15.2 Å². The number of rotatable bonds is 10. The maximum Gasteiger partial charge on any atom is 0.243 e. The Morgan fingerprint density at radius 2 is 2.00 bits per heavy atom. The molecule has 2 heterocycles. The third-order valence-corrected chi connectivity index (χ3v) is 6.75. The van der Waals surface area contributed by atoms with Crippen LogP contribution in [-0.4, -0.2) is 37.0 Å². The Morgan fingerprint density at radius 1 is 1.21 bits per heavy atom. The van der Waals surface area contributed by atoms with Gasteiger partial charge in [-0.1, -0.05) is 26.0 Å². The fraction of sp³-hybridized carbons (Fsp3) is 0.300. The van der Waals surface area contributed by atoms with Crippen LogP contribution in [0.3, 0.4) is 0 Å². The molecular weight excluding hydrogens is 408 g/mol. The van der Waals surface area contributed by atoms with E-state index in [1.165, 1.54) is 11.3 Å². The highest BCUT2D eigenvalue weighted by molar-refractivity contribution is 7.89. The number of furan rings is 1. The molecule has 0 aliphatic carbocycles. The Kier molecular flexibility index (Phi) is 7.18. The number of anilines is 1. The summed E-state index contributed by atoms with van der Waals surface area (Å²) in [7, 11) is -3.53. The van der Waals surface area contributed by atoms with Crippen LogP contribution in [0.15, 0.2) is 62.5 Å². The lowest BCUT2D eigenvalue weighted by Gasteiger charge is -2.21. The number of aromatic nitrogens is 1. The van der Waals surface area contributed by atoms with E-state index in [0.717, 1.165) is 18.4 Å². The Morgan fingerprint density at radius 3 is 2.69 bits per heavy atom. The van der Waals surface area contributed by atoms with Crippen LogP contribution in [0.1, 0.15) is 32.4 Å². The lowest BCUT2D eigenvalue weighted by atomic mass is 10.2. The first kappa shape index (κ1) is 21.2. The Labute approximate surface area is 175 Å². The second-order valence-electron chi connectivity index (χ2n) is 6.36. The van der Waals surface area contributed by atoms with E-state index < -0.39 is 10.0 Å². The van der Waals surface area contributed by atoms with E-state index in [9.17, 15) is 8.42 Å². The molecule has 0 radical (unpaired) electrons. The van der Waals surface area contributed by atoms with E-state index in [-0.39, 0.29) is 4.90 Å². The van der Waals surface area contributed by atoms with Crippen molar-refractivity contribution >= 4 is 32.7 Å². The first-order chi connectivity index (χ1) is 14.0. The van der Waals surface area contributed by atoms with E-state index in [0.29, 0.717) is 29.7 Å². The molecule has 1 aromatic carbocycles. The van der Waals surface area contributed by atoms with Crippen molar-refractivity contribution < 1.29 is 12.8 Å². The number of sulfonamides is 1. The minimum absolute atomic E-state index is 0.287. The molecule has 0 amide bonds. The molecule has 3 rings (SSSR count). The van der Waals surface area contributed by atoms with Crippen LogP contribution in [0.5, 0.6) is 0 Å². The summed E-state index contributed by atoms with van der Waals surface area (Å²) >= 11 is 1.39. The van der Waals surface area contributed by atoms with Crippen LogP contribution in [0.2, 0.25) is 0 Å². The summed E-state index contributed by atoms with van der Waals surface area (Å²) in [6.07, 6.45) is 4.69. The Balaban J connectivity index is 1.78. The molecule has 0 aliphatic rings. The highest BCUT2D eigenvalue weighted by Gasteiger charge is 2.23. The number of hydrogen-bond donors (Lipinski definition) is 1. The van der Waals surface area contributed by atoms with Gasteiger partial charge >= 0.3 is 0 Å². The molecule has 0 spiro atoms. The Hall–Kier alpha value is -2.49. The second-order valence-corrected chi connectivity index (χ2v) is 9.15. The smallest absolute Gasteiger partial charge is 0.243 e. The van der Waals surface area contributed by atoms with Gasteiger partial charge < -0.3 is 4.42 Å². The molecule has 0 bridgehead atoms. The lowest BCUT2D eigenvalue weighted by Crippen LogP contribution is -2.32. The molecule has 29 heavy (non-hydrogen) atoms. The molecule has 7 nitrogen and oxygen atoms in total. The van der Waals surface area contributed by atoms with E-state index in [1.54, 1.807) is 47.1 Å². The average Bonchev–Trinajstić information content (AvgIpc) is 3.40. The zero-order valence-electron chi connectivity index (χ0n) is 16.4. The fourth-order valence-corrected chi connectivity index (χ4v) is 5.13. The number of thiazole rings is 1. The number of hydrogen-bond acceptors (Lipinski definition) is 7.